The zero-order valence-electron chi connectivity index (χ0n) is 33.4. The smallest absolute Gasteiger partial charge is 0.164 e. The van der Waals surface area contributed by atoms with E-state index in [0.717, 1.165) is 38.9 Å². The third-order valence-electron chi connectivity index (χ3n) is 12.7. The summed E-state index contributed by atoms with van der Waals surface area (Å²) in [5, 5.41) is 0. The average molecular weight is 770 g/mol. The molecule has 286 valence electrons. The highest BCUT2D eigenvalue weighted by atomic mass is 15.0. The number of hydrogen-bond acceptors (Lipinski definition) is 3. The first-order valence-electron chi connectivity index (χ1n) is 21.2. The zero-order chi connectivity index (χ0) is 39.9. The molecule has 1 saturated carbocycles. The summed E-state index contributed by atoms with van der Waals surface area (Å²) in [6.07, 6.45) is 6.41. The highest BCUT2D eigenvalue weighted by molar-refractivity contribution is 5.85. The van der Waals surface area contributed by atoms with Gasteiger partial charge in [0.15, 0.2) is 17.5 Å². The number of fused-ring (bicyclic) bond motifs is 5. The summed E-state index contributed by atoms with van der Waals surface area (Å²) in [7, 11) is 0. The van der Waals surface area contributed by atoms with Crippen molar-refractivity contribution in [2.45, 2.75) is 37.5 Å². The van der Waals surface area contributed by atoms with Gasteiger partial charge in [0.05, 0.1) is 0 Å². The van der Waals surface area contributed by atoms with E-state index in [-0.39, 0.29) is 5.41 Å². The standard InChI is InChI=1S/C57H43N3/c1-4-15-39(16-5-1)44-20-14-24-49(37-44)56-59-54(41-17-6-2-7-18-41)58-55(60-56)42-29-27-40(28-30-42)43-19-12-21-45(35-43)46-22-13-23-47(36-46)48-31-32-51-50-25-8-9-26-52(50)57(53(51)38-48)33-10-3-11-34-57/h1-2,4-9,12-32,35-38H,3,10-11,33-34H2. The molecule has 9 aromatic rings. The van der Waals surface area contributed by atoms with E-state index < -0.39 is 0 Å². The van der Waals surface area contributed by atoms with Crippen LogP contribution in [0.4, 0.5) is 0 Å². The van der Waals surface area contributed by atoms with Gasteiger partial charge in [-0.15, -0.1) is 0 Å². The number of hydrogen-bond donors (Lipinski definition) is 0. The molecule has 3 heteroatoms. The van der Waals surface area contributed by atoms with Gasteiger partial charge in [-0.1, -0.05) is 195 Å². The van der Waals surface area contributed by atoms with Gasteiger partial charge >= 0.3 is 0 Å². The minimum absolute atomic E-state index is 0.145. The lowest BCUT2D eigenvalue weighted by atomic mass is 9.67. The molecule has 3 nitrogen and oxygen atoms in total. The number of aromatic nitrogens is 3. The highest BCUT2D eigenvalue weighted by Gasteiger charge is 2.43. The summed E-state index contributed by atoms with van der Waals surface area (Å²) >= 11 is 0. The lowest BCUT2D eigenvalue weighted by Gasteiger charge is -2.36. The molecule has 11 rings (SSSR count). The SMILES string of the molecule is c1ccc(-c2cccc(-c3nc(-c4ccccc4)nc(-c4ccc(-c5cccc(-c6cccc(-c7ccc8c(c7)C7(CCCCC7)c7ccccc7-8)c6)c5)cc4)n3)c2)cc1. The van der Waals surface area contributed by atoms with E-state index >= 15 is 0 Å². The summed E-state index contributed by atoms with van der Waals surface area (Å²) in [6, 6.07) is 71.9. The maximum atomic E-state index is 5.06. The van der Waals surface area contributed by atoms with Gasteiger partial charge in [0.1, 0.15) is 0 Å². The molecule has 60 heavy (non-hydrogen) atoms. The molecule has 1 fully saturated rings. The molecule has 0 N–H and O–H groups in total. The molecule has 1 heterocycles. The maximum Gasteiger partial charge on any atom is 0.164 e. The van der Waals surface area contributed by atoms with Crippen LogP contribution in [0.5, 0.6) is 0 Å². The molecule has 0 unspecified atom stereocenters. The molecule has 0 amide bonds. The van der Waals surface area contributed by atoms with Gasteiger partial charge in [-0.25, -0.2) is 15.0 Å². The second-order valence-corrected chi connectivity index (χ2v) is 16.3. The lowest BCUT2D eigenvalue weighted by Crippen LogP contribution is -2.28. The van der Waals surface area contributed by atoms with Crippen molar-refractivity contribution in [1.82, 2.24) is 15.0 Å². The van der Waals surface area contributed by atoms with Gasteiger partial charge in [-0.3, -0.25) is 0 Å². The Morgan fingerprint density at radius 2 is 0.650 bits per heavy atom. The van der Waals surface area contributed by atoms with Crippen molar-refractivity contribution in [3.05, 3.63) is 211 Å². The van der Waals surface area contributed by atoms with Crippen LogP contribution >= 0.6 is 0 Å². The van der Waals surface area contributed by atoms with Crippen molar-refractivity contribution in [3.8, 4) is 89.8 Å². The van der Waals surface area contributed by atoms with Crippen LogP contribution in [0, 0.1) is 0 Å². The van der Waals surface area contributed by atoms with Crippen LogP contribution in [0.3, 0.4) is 0 Å². The van der Waals surface area contributed by atoms with Gasteiger partial charge in [-0.05, 0) is 104 Å². The van der Waals surface area contributed by atoms with Crippen LogP contribution in [-0.2, 0) is 5.41 Å². The van der Waals surface area contributed by atoms with Crippen LogP contribution in [0.2, 0.25) is 0 Å². The van der Waals surface area contributed by atoms with E-state index in [1.165, 1.54) is 76.6 Å². The largest absolute Gasteiger partial charge is 0.208 e. The van der Waals surface area contributed by atoms with Crippen molar-refractivity contribution >= 4 is 0 Å². The van der Waals surface area contributed by atoms with E-state index in [2.05, 4.69) is 164 Å². The molecule has 0 atom stereocenters. The lowest BCUT2D eigenvalue weighted by molar-refractivity contribution is 0.353. The van der Waals surface area contributed by atoms with E-state index in [9.17, 15) is 0 Å². The third-order valence-corrected chi connectivity index (χ3v) is 12.7. The molecule has 0 saturated heterocycles. The summed E-state index contributed by atoms with van der Waals surface area (Å²) in [5.74, 6) is 1.94. The molecule has 1 spiro atoms. The number of nitrogens with zero attached hydrogens (tertiary/aromatic N) is 3. The van der Waals surface area contributed by atoms with Gasteiger partial charge in [0, 0.05) is 22.1 Å². The molecular weight excluding hydrogens is 727 g/mol. The van der Waals surface area contributed by atoms with Gasteiger partial charge < -0.3 is 0 Å². The maximum absolute atomic E-state index is 5.06. The molecule has 2 aliphatic carbocycles. The Morgan fingerprint density at radius 3 is 1.27 bits per heavy atom. The summed E-state index contributed by atoms with van der Waals surface area (Å²) < 4.78 is 0. The zero-order valence-corrected chi connectivity index (χ0v) is 33.4. The van der Waals surface area contributed by atoms with E-state index in [1.807, 2.05) is 36.4 Å². The number of benzene rings is 8. The van der Waals surface area contributed by atoms with Gasteiger partial charge in [0.25, 0.3) is 0 Å². The minimum Gasteiger partial charge on any atom is -0.208 e. The Bertz CT molecular complexity index is 3000. The summed E-state index contributed by atoms with van der Waals surface area (Å²) in [4.78, 5) is 15.0. The Morgan fingerprint density at radius 1 is 0.267 bits per heavy atom. The van der Waals surface area contributed by atoms with Crippen molar-refractivity contribution in [2.75, 3.05) is 0 Å². The fourth-order valence-electron chi connectivity index (χ4n) is 9.72. The molecule has 0 bridgehead atoms. The first kappa shape index (κ1) is 35.9. The summed E-state index contributed by atoms with van der Waals surface area (Å²) in [5.41, 5.74) is 18.4. The highest BCUT2D eigenvalue weighted by Crippen LogP contribution is 2.56. The van der Waals surface area contributed by atoms with E-state index in [0.29, 0.717) is 17.5 Å². The molecule has 1 aromatic heterocycles. The fraction of sp³-hybridized carbons (Fsp3) is 0.105. The molecule has 8 aromatic carbocycles. The fourth-order valence-corrected chi connectivity index (χ4v) is 9.72. The normalized spacial score (nSPS) is 13.8. The Hall–Kier alpha value is -7.23. The van der Waals surface area contributed by atoms with E-state index in [4.69, 9.17) is 15.0 Å². The predicted octanol–water partition coefficient (Wildman–Crippen LogP) is 14.8. The van der Waals surface area contributed by atoms with Crippen LogP contribution < -0.4 is 0 Å². The molecule has 2 aliphatic rings. The van der Waals surface area contributed by atoms with E-state index in [1.54, 1.807) is 0 Å². The molecule has 0 aliphatic heterocycles. The predicted molar refractivity (Wildman–Crippen MR) is 247 cm³/mol. The summed E-state index contributed by atoms with van der Waals surface area (Å²) in [6.45, 7) is 0. The van der Waals surface area contributed by atoms with Crippen molar-refractivity contribution in [3.63, 3.8) is 0 Å². The van der Waals surface area contributed by atoms with Crippen molar-refractivity contribution in [1.29, 1.82) is 0 Å². The topological polar surface area (TPSA) is 38.7 Å². The quantitative estimate of drug-likeness (QED) is 0.162. The monoisotopic (exact) mass is 769 g/mol. The Labute approximate surface area is 352 Å². The van der Waals surface area contributed by atoms with Crippen molar-refractivity contribution in [2.24, 2.45) is 0 Å². The second kappa shape index (κ2) is 15.2. The third kappa shape index (κ3) is 6.53. The minimum atomic E-state index is 0.145. The van der Waals surface area contributed by atoms with Crippen molar-refractivity contribution < 1.29 is 0 Å². The number of rotatable bonds is 7. The average Bonchev–Trinajstić information content (AvgIpc) is 3.60. The molecule has 0 radical (unpaired) electrons. The first-order chi connectivity index (χ1) is 29.7. The Kier molecular flexibility index (Phi) is 9.08. The molecular formula is C57H43N3. The van der Waals surface area contributed by atoms with Crippen LogP contribution in [-0.4, -0.2) is 15.0 Å². The second-order valence-electron chi connectivity index (χ2n) is 16.3. The first-order valence-corrected chi connectivity index (χ1v) is 21.2. The van der Waals surface area contributed by atoms with Gasteiger partial charge in [0.2, 0.25) is 0 Å². The van der Waals surface area contributed by atoms with Crippen LogP contribution in [0.1, 0.15) is 43.2 Å². The van der Waals surface area contributed by atoms with Crippen LogP contribution in [0.25, 0.3) is 89.8 Å². The van der Waals surface area contributed by atoms with Crippen LogP contribution in [0.15, 0.2) is 200 Å². The Balaban J connectivity index is 0.902. The van der Waals surface area contributed by atoms with Gasteiger partial charge in [-0.2, -0.15) is 0 Å².